The highest BCUT2D eigenvalue weighted by Gasteiger charge is 2.47. The van der Waals surface area contributed by atoms with Crippen LogP contribution in [0.4, 0.5) is 0 Å². The zero-order valence-electron chi connectivity index (χ0n) is 15.2. The first-order chi connectivity index (χ1) is 12.9. The zero-order valence-corrected chi connectivity index (χ0v) is 16.0. The minimum Gasteiger partial charge on any atom is -0.332 e. The Morgan fingerprint density at radius 1 is 1.19 bits per heavy atom. The monoisotopic (exact) mass is 389 g/mol. The number of pyridine rings is 1. The molecular formula is C19H23N3O4S. The van der Waals surface area contributed by atoms with Crippen molar-refractivity contribution in [3.63, 3.8) is 0 Å². The van der Waals surface area contributed by atoms with Crippen LogP contribution < -0.4 is 5.56 Å². The number of nitrogens with zero attached hydrogens (tertiary/aromatic N) is 2. The molecule has 0 bridgehead atoms. The fourth-order valence-corrected chi connectivity index (χ4v) is 6.39. The van der Waals surface area contributed by atoms with Crippen molar-refractivity contribution in [2.45, 2.75) is 25.4 Å². The number of piperazine rings is 1. The molecule has 0 spiro atoms. The second-order valence-electron chi connectivity index (χ2n) is 7.34. The van der Waals surface area contributed by atoms with Gasteiger partial charge in [-0.15, -0.1) is 0 Å². The lowest BCUT2D eigenvalue weighted by Crippen LogP contribution is -2.60. The minimum absolute atomic E-state index is 0.00918. The number of nitrogens with one attached hydrogen (secondary N) is 1. The van der Waals surface area contributed by atoms with E-state index >= 15 is 0 Å². The van der Waals surface area contributed by atoms with E-state index in [4.69, 9.17) is 0 Å². The predicted octanol–water partition coefficient (Wildman–Crippen LogP) is 0.861. The molecule has 144 valence electrons. The maximum atomic E-state index is 13.3. The molecule has 8 heteroatoms. The fourth-order valence-electron chi connectivity index (χ4n) is 4.38. The number of hydrogen-bond acceptors (Lipinski definition) is 5. The lowest BCUT2D eigenvalue weighted by molar-refractivity contribution is 0.0334. The smallest absolute Gasteiger partial charge is 0.255 e. The van der Waals surface area contributed by atoms with Gasteiger partial charge in [-0.1, -0.05) is 25.1 Å². The van der Waals surface area contributed by atoms with E-state index in [1.807, 2.05) is 6.07 Å². The number of hydrogen-bond donors (Lipinski definition) is 1. The number of rotatable bonds is 3. The van der Waals surface area contributed by atoms with Crippen molar-refractivity contribution in [2.24, 2.45) is 0 Å². The molecule has 2 aliphatic rings. The van der Waals surface area contributed by atoms with Crippen molar-refractivity contribution in [3.8, 4) is 0 Å². The molecule has 3 heterocycles. The number of para-hydroxylation sites is 1. The number of carbonyl (C=O) groups is 1. The van der Waals surface area contributed by atoms with Gasteiger partial charge in [-0.25, -0.2) is 8.42 Å². The van der Waals surface area contributed by atoms with Gasteiger partial charge in [-0.2, -0.15) is 0 Å². The Hall–Kier alpha value is -2.19. The van der Waals surface area contributed by atoms with Crippen LogP contribution in [0, 0.1) is 0 Å². The van der Waals surface area contributed by atoms with Crippen molar-refractivity contribution in [1.29, 1.82) is 0 Å². The molecule has 1 N–H and O–H groups in total. The molecule has 27 heavy (non-hydrogen) atoms. The average Bonchev–Trinajstić information content (AvgIpc) is 2.96. The van der Waals surface area contributed by atoms with E-state index in [-0.39, 0.29) is 35.1 Å². The summed E-state index contributed by atoms with van der Waals surface area (Å²) in [4.78, 5) is 32.0. The number of carbonyl (C=O) groups excluding carboxylic acids is 1. The first-order valence-corrected chi connectivity index (χ1v) is 11.1. The number of H-pyrrole nitrogens is 1. The second kappa shape index (κ2) is 6.76. The lowest BCUT2D eigenvalue weighted by atomic mass is 10.0. The van der Waals surface area contributed by atoms with Gasteiger partial charge in [-0.3, -0.25) is 14.5 Å². The van der Waals surface area contributed by atoms with Gasteiger partial charge in [0.1, 0.15) is 0 Å². The largest absolute Gasteiger partial charge is 0.332 e. The van der Waals surface area contributed by atoms with Crippen LogP contribution in [0.25, 0.3) is 10.9 Å². The van der Waals surface area contributed by atoms with Gasteiger partial charge < -0.3 is 9.88 Å². The Kier molecular flexibility index (Phi) is 4.55. The second-order valence-corrected chi connectivity index (χ2v) is 9.49. The summed E-state index contributed by atoms with van der Waals surface area (Å²) in [5, 5.41) is 0.676. The van der Waals surface area contributed by atoms with Crippen molar-refractivity contribution in [1.82, 2.24) is 14.8 Å². The predicted molar refractivity (Wildman–Crippen MR) is 104 cm³/mol. The molecule has 1 aromatic heterocycles. The third-order valence-electron chi connectivity index (χ3n) is 5.54. The number of fused-ring (bicyclic) bond motifs is 2. The molecule has 1 aromatic carbocycles. The minimum atomic E-state index is -3.18. The highest BCUT2D eigenvalue weighted by Crippen LogP contribution is 2.29. The first-order valence-electron chi connectivity index (χ1n) is 9.27. The number of aromatic amines is 1. The van der Waals surface area contributed by atoms with Crippen LogP contribution in [0.3, 0.4) is 0 Å². The Morgan fingerprint density at radius 3 is 2.70 bits per heavy atom. The van der Waals surface area contributed by atoms with Crippen LogP contribution >= 0.6 is 0 Å². The van der Waals surface area contributed by atoms with E-state index in [0.717, 1.165) is 13.0 Å². The molecule has 2 atom stereocenters. The molecule has 0 saturated carbocycles. The molecule has 0 aliphatic carbocycles. The summed E-state index contributed by atoms with van der Waals surface area (Å²) in [7, 11) is -3.18. The number of amides is 1. The van der Waals surface area contributed by atoms with E-state index < -0.39 is 9.84 Å². The fraction of sp³-hybridized carbons (Fsp3) is 0.474. The topological polar surface area (TPSA) is 90.6 Å². The summed E-state index contributed by atoms with van der Waals surface area (Å²) in [5.74, 6) is -0.178. The quantitative estimate of drug-likeness (QED) is 0.841. The molecule has 1 amide bonds. The Bertz CT molecular complexity index is 1050. The van der Waals surface area contributed by atoms with Gasteiger partial charge in [0.15, 0.2) is 9.84 Å². The van der Waals surface area contributed by atoms with Gasteiger partial charge >= 0.3 is 0 Å². The van der Waals surface area contributed by atoms with Gasteiger partial charge in [0.25, 0.3) is 5.91 Å². The number of benzene rings is 1. The average molecular weight is 389 g/mol. The van der Waals surface area contributed by atoms with E-state index in [2.05, 4.69) is 16.8 Å². The molecule has 0 unspecified atom stereocenters. The third kappa shape index (κ3) is 3.27. The van der Waals surface area contributed by atoms with Gasteiger partial charge in [0, 0.05) is 36.1 Å². The maximum absolute atomic E-state index is 13.3. The van der Waals surface area contributed by atoms with Crippen LogP contribution in [0.15, 0.2) is 35.1 Å². The van der Waals surface area contributed by atoms with E-state index in [1.54, 1.807) is 23.1 Å². The van der Waals surface area contributed by atoms with Gasteiger partial charge in [-0.05, 0) is 19.0 Å². The van der Waals surface area contributed by atoms with Crippen molar-refractivity contribution >= 4 is 26.6 Å². The van der Waals surface area contributed by atoms with E-state index in [0.29, 0.717) is 29.6 Å². The zero-order chi connectivity index (χ0) is 19.2. The molecule has 2 fully saturated rings. The molecule has 2 saturated heterocycles. The standard InChI is InChI=1S/C19H23N3O4S/c1-2-7-21-8-9-22(17-12-27(25,26)11-16(17)21)19(24)14-10-18(23)20-15-6-4-3-5-13(14)15/h3-6,10,16-17H,2,7-9,11-12H2,1H3,(H,20,23)/t16-,17+/m1/s1. The van der Waals surface area contributed by atoms with E-state index in [1.165, 1.54) is 6.07 Å². The highest BCUT2D eigenvalue weighted by molar-refractivity contribution is 7.91. The van der Waals surface area contributed by atoms with Crippen molar-refractivity contribution in [2.75, 3.05) is 31.1 Å². The summed E-state index contributed by atoms with van der Waals surface area (Å²) in [6, 6.07) is 7.97. The molecular weight excluding hydrogens is 366 g/mol. The number of aromatic nitrogens is 1. The van der Waals surface area contributed by atoms with Crippen LogP contribution in [-0.4, -0.2) is 72.3 Å². The molecule has 4 rings (SSSR count). The van der Waals surface area contributed by atoms with Gasteiger partial charge in [0.05, 0.1) is 23.1 Å². The Balaban J connectivity index is 1.73. The summed E-state index contributed by atoms with van der Waals surface area (Å²) in [6.07, 6.45) is 0.940. The van der Waals surface area contributed by atoms with Crippen LogP contribution in [0.5, 0.6) is 0 Å². The molecule has 2 aromatic rings. The summed E-state index contributed by atoms with van der Waals surface area (Å²) in [6.45, 7) is 4.01. The normalized spacial score (nSPS) is 24.9. The Morgan fingerprint density at radius 2 is 1.93 bits per heavy atom. The summed E-state index contributed by atoms with van der Waals surface area (Å²) in [5.41, 5.74) is 0.604. The summed E-state index contributed by atoms with van der Waals surface area (Å²) >= 11 is 0. The van der Waals surface area contributed by atoms with Gasteiger partial charge in [0.2, 0.25) is 5.56 Å². The molecule has 0 radical (unpaired) electrons. The third-order valence-corrected chi connectivity index (χ3v) is 7.24. The Labute approximate surface area is 157 Å². The molecule has 2 aliphatic heterocycles. The van der Waals surface area contributed by atoms with Crippen LogP contribution in [0.1, 0.15) is 23.7 Å². The first kappa shape index (κ1) is 18.2. The van der Waals surface area contributed by atoms with E-state index in [9.17, 15) is 18.0 Å². The SMILES string of the molecule is CCCN1CCN(C(=O)c2cc(=O)[nH]c3ccccc23)[C@H]2CS(=O)(=O)C[C@H]21. The summed E-state index contributed by atoms with van der Waals surface area (Å²) < 4.78 is 24.6. The van der Waals surface area contributed by atoms with Crippen LogP contribution in [-0.2, 0) is 9.84 Å². The molecule has 7 nitrogen and oxygen atoms in total. The highest BCUT2D eigenvalue weighted by atomic mass is 32.2. The maximum Gasteiger partial charge on any atom is 0.255 e. The van der Waals surface area contributed by atoms with Crippen LogP contribution in [0.2, 0.25) is 0 Å². The number of sulfone groups is 1. The lowest BCUT2D eigenvalue weighted by Gasteiger charge is -2.44. The van der Waals surface area contributed by atoms with Crippen molar-refractivity contribution in [3.05, 3.63) is 46.2 Å². The van der Waals surface area contributed by atoms with Crippen molar-refractivity contribution < 1.29 is 13.2 Å².